The molecule has 0 radical (unpaired) electrons. The Morgan fingerprint density at radius 3 is 2.63 bits per heavy atom. The Balaban J connectivity index is 2.11. The first-order valence-corrected chi connectivity index (χ1v) is 5.58. The summed E-state index contributed by atoms with van der Waals surface area (Å²) in [6.07, 6.45) is -4.42. The average Bonchev–Trinajstić information content (AvgIpc) is 2.71. The minimum Gasteiger partial charge on any atom is -0.459 e. The molecule has 19 heavy (non-hydrogen) atoms. The fourth-order valence-corrected chi connectivity index (χ4v) is 1.75. The molecule has 0 unspecified atom stereocenters. The number of esters is 1. The fourth-order valence-electron chi connectivity index (χ4n) is 1.46. The quantitative estimate of drug-likeness (QED) is 0.673. The van der Waals surface area contributed by atoms with Crippen LogP contribution in [0.1, 0.15) is 12.0 Å². The van der Waals surface area contributed by atoms with Crippen LogP contribution in [0.3, 0.4) is 0 Å². The topological polar surface area (TPSA) is 50.7 Å². The lowest BCUT2D eigenvalue weighted by molar-refractivity contribution is -0.138. The number of hydrazone groups is 1. The maximum absolute atomic E-state index is 12.5. The highest BCUT2D eigenvalue weighted by molar-refractivity contribution is 6.31. The predicted molar refractivity (Wildman–Crippen MR) is 63.1 cm³/mol. The van der Waals surface area contributed by atoms with Crippen LogP contribution in [0.15, 0.2) is 23.3 Å². The number of cyclic esters (lactones) is 1. The Morgan fingerprint density at radius 2 is 2.11 bits per heavy atom. The second kappa shape index (κ2) is 5.08. The van der Waals surface area contributed by atoms with Gasteiger partial charge in [0.25, 0.3) is 0 Å². The monoisotopic (exact) mass is 292 g/mol. The molecule has 1 aliphatic heterocycles. The Bertz CT molecular complexity index is 543. The van der Waals surface area contributed by atoms with Gasteiger partial charge in [-0.1, -0.05) is 11.6 Å². The molecule has 0 bridgehead atoms. The fraction of sp³-hybridized carbons (Fsp3) is 0.273. The molecule has 1 aliphatic rings. The van der Waals surface area contributed by atoms with Gasteiger partial charge in [-0.25, -0.2) is 0 Å². The van der Waals surface area contributed by atoms with Crippen molar-refractivity contribution in [2.24, 2.45) is 5.10 Å². The van der Waals surface area contributed by atoms with E-state index in [1.54, 1.807) is 0 Å². The average molecular weight is 293 g/mol. The molecule has 0 saturated carbocycles. The van der Waals surface area contributed by atoms with Gasteiger partial charge < -0.3 is 4.74 Å². The lowest BCUT2D eigenvalue weighted by Crippen LogP contribution is -2.06. The van der Waals surface area contributed by atoms with Crippen LogP contribution in [0, 0.1) is 0 Å². The van der Waals surface area contributed by atoms with Crippen LogP contribution in [0.25, 0.3) is 0 Å². The van der Waals surface area contributed by atoms with Crippen LogP contribution >= 0.6 is 11.6 Å². The smallest absolute Gasteiger partial charge is 0.417 e. The van der Waals surface area contributed by atoms with E-state index < -0.39 is 16.8 Å². The Morgan fingerprint density at radius 1 is 1.37 bits per heavy atom. The molecule has 0 amide bonds. The minimum absolute atomic E-state index is 0.0708. The lowest BCUT2D eigenvalue weighted by atomic mass is 10.2. The van der Waals surface area contributed by atoms with Crippen LogP contribution < -0.4 is 5.43 Å². The van der Waals surface area contributed by atoms with Gasteiger partial charge in [-0.2, -0.15) is 18.3 Å². The van der Waals surface area contributed by atoms with Crippen LogP contribution in [-0.4, -0.2) is 18.3 Å². The molecule has 0 aliphatic carbocycles. The van der Waals surface area contributed by atoms with Crippen molar-refractivity contribution in [3.63, 3.8) is 0 Å². The second-order valence-electron chi connectivity index (χ2n) is 3.82. The Kier molecular flexibility index (Phi) is 3.66. The molecule has 0 spiro atoms. The van der Waals surface area contributed by atoms with Gasteiger partial charge in [-0.05, 0) is 18.2 Å². The third-order valence-corrected chi connectivity index (χ3v) is 2.68. The van der Waals surface area contributed by atoms with Gasteiger partial charge in [0.1, 0.15) is 6.61 Å². The van der Waals surface area contributed by atoms with E-state index in [9.17, 15) is 18.0 Å². The third kappa shape index (κ3) is 3.37. The van der Waals surface area contributed by atoms with E-state index in [0.29, 0.717) is 11.4 Å². The highest BCUT2D eigenvalue weighted by atomic mass is 35.5. The number of carbonyl (C=O) groups is 1. The van der Waals surface area contributed by atoms with Crippen LogP contribution in [0.2, 0.25) is 5.02 Å². The summed E-state index contributed by atoms with van der Waals surface area (Å²) in [5.74, 6) is -0.383. The molecule has 2 rings (SSSR count). The molecule has 1 heterocycles. The zero-order valence-corrected chi connectivity index (χ0v) is 10.2. The summed E-state index contributed by atoms with van der Waals surface area (Å²) in [6.45, 7) is 0.0835. The number of anilines is 1. The molecule has 102 valence electrons. The van der Waals surface area contributed by atoms with Gasteiger partial charge in [0.05, 0.1) is 28.4 Å². The molecule has 1 aromatic carbocycles. The van der Waals surface area contributed by atoms with Crippen molar-refractivity contribution in [3.05, 3.63) is 28.8 Å². The summed E-state index contributed by atoms with van der Waals surface area (Å²) in [4.78, 5) is 10.8. The van der Waals surface area contributed by atoms with E-state index in [2.05, 4.69) is 15.3 Å². The summed E-state index contributed by atoms with van der Waals surface area (Å²) < 4.78 is 42.1. The van der Waals surface area contributed by atoms with E-state index in [4.69, 9.17) is 11.6 Å². The Labute approximate surface area is 111 Å². The first-order valence-electron chi connectivity index (χ1n) is 5.20. The Hall–Kier alpha value is -1.76. The van der Waals surface area contributed by atoms with E-state index in [1.165, 1.54) is 6.07 Å². The van der Waals surface area contributed by atoms with Gasteiger partial charge in [-0.15, -0.1) is 0 Å². The van der Waals surface area contributed by atoms with Crippen molar-refractivity contribution >= 4 is 29.0 Å². The van der Waals surface area contributed by atoms with Crippen molar-refractivity contribution in [1.82, 2.24) is 0 Å². The number of hydrogen-bond donors (Lipinski definition) is 1. The number of benzene rings is 1. The van der Waals surface area contributed by atoms with Crippen molar-refractivity contribution in [3.8, 4) is 0 Å². The standard InChI is InChI=1S/C11H8ClF3N2O2/c12-9-3-6(1-2-8(9)11(13,14)15)16-17-7-4-10(18)19-5-7/h1-3,16H,4-5H2. The minimum atomic E-state index is -4.49. The summed E-state index contributed by atoms with van der Waals surface area (Å²) in [7, 11) is 0. The zero-order valence-electron chi connectivity index (χ0n) is 9.42. The van der Waals surface area contributed by atoms with Gasteiger partial charge in [0, 0.05) is 0 Å². The zero-order chi connectivity index (χ0) is 14.0. The summed E-state index contributed by atoms with van der Waals surface area (Å²) >= 11 is 5.55. The number of nitrogens with zero attached hydrogens (tertiary/aromatic N) is 1. The number of hydrogen-bond acceptors (Lipinski definition) is 4. The molecule has 1 aromatic rings. The maximum atomic E-state index is 12.5. The predicted octanol–water partition coefficient (Wildman–Crippen LogP) is 3.07. The number of alkyl halides is 3. The third-order valence-electron chi connectivity index (χ3n) is 2.37. The molecule has 1 fully saturated rings. The maximum Gasteiger partial charge on any atom is 0.417 e. The van der Waals surface area contributed by atoms with Crippen molar-refractivity contribution in [2.45, 2.75) is 12.6 Å². The van der Waals surface area contributed by atoms with Gasteiger partial charge in [0.15, 0.2) is 0 Å². The van der Waals surface area contributed by atoms with Crippen molar-refractivity contribution < 1.29 is 22.7 Å². The molecule has 1 N–H and O–H groups in total. The molecule has 0 atom stereocenters. The van der Waals surface area contributed by atoms with Crippen LogP contribution in [-0.2, 0) is 15.7 Å². The highest BCUT2D eigenvalue weighted by Gasteiger charge is 2.33. The van der Waals surface area contributed by atoms with E-state index in [-0.39, 0.29) is 19.0 Å². The van der Waals surface area contributed by atoms with Crippen LogP contribution in [0.5, 0.6) is 0 Å². The van der Waals surface area contributed by atoms with Crippen molar-refractivity contribution in [2.75, 3.05) is 12.0 Å². The normalized spacial score (nSPS) is 17.7. The number of ether oxygens (including phenoxy) is 1. The summed E-state index contributed by atoms with van der Waals surface area (Å²) in [6, 6.07) is 3.18. The number of nitrogens with one attached hydrogen (secondary N) is 1. The van der Waals surface area contributed by atoms with E-state index in [0.717, 1.165) is 12.1 Å². The van der Waals surface area contributed by atoms with Gasteiger partial charge in [-0.3, -0.25) is 10.2 Å². The first-order chi connectivity index (χ1) is 8.86. The lowest BCUT2D eigenvalue weighted by Gasteiger charge is -2.10. The molecule has 4 nitrogen and oxygen atoms in total. The molecular formula is C11H8ClF3N2O2. The van der Waals surface area contributed by atoms with Crippen LogP contribution in [0.4, 0.5) is 18.9 Å². The molecular weight excluding hydrogens is 285 g/mol. The molecule has 8 heteroatoms. The van der Waals surface area contributed by atoms with Gasteiger partial charge >= 0.3 is 12.1 Å². The molecule has 0 aromatic heterocycles. The molecule has 1 saturated heterocycles. The highest BCUT2D eigenvalue weighted by Crippen LogP contribution is 2.35. The van der Waals surface area contributed by atoms with Crippen molar-refractivity contribution in [1.29, 1.82) is 0 Å². The number of carbonyl (C=O) groups excluding carboxylic acids is 1. The SMILES string of the molecule is O=C1CC(=NNc2ccc(C(F)(F)F)c(Cl)c2)CO1. The summed E-state index contributed by atoms with van der Waals surface area (Å²) in [5, 5.41) is 3.44. The largest absolute Gasteiger partial charge is 0.459 e. The number of halogens is 4. The van der Waals surface area contributed by atoms with E-state index >= 15 is 0 Å². The van der Waals surface area contributed by atoms with E-state index in [1.807, 2.05) is 0 Å². The second-order valence-corrected chi connectivity index (χ2v) is 4.23. The summed E-state index contributed by atoms with van der Waals surface area (Å²) in [5.41, 5.74) is 2.39. The van der Waals surface area contributed by atoms with Gasteiger partial charge in [0.2, 0.25) is 0 Å². The first kappa shape index (κ1) is 13.7. The number of rotatable bonds is 2.